The maximum absolute atomic E-state index is 2.73. The van der Waals surface area contributed by atoms with Gasteiger partial charge in [-0.05, 0) is 126 Å². The molecule has 0 aromatic heterocycles. The average molecular weight is 359 g/mol. The van der Waals surface area contributed by atoms with E-state index in [1.165, 1.54) is 38.6 Å². The fraction of sp³-hybridized carbons (Fsp3) is 1.00. The smallest absolute Gasteiger partial charge is 0.00982 e. The van der Waals surface area contributed by atoms with Crippen molar-refractivity contribution < 1.29 is 0 Å². The van der Waals surface area contributed by atoms with E-state index in [0.717, 1.165) is 41.7 Å². The summed E-state index contributed by atoms with van der Waals surface area (Å²) in [5, 5.41) is 0. The number of hydrogen-bond acceptors (Lipinski definition) is 2. The Morgan fingerprint density at radius 2 is 1.65 bits per heavy atom. The molecule has 1 aliphatic heterocycles. The van der Waals surface area contributed by atoms with Crippen LogP contribution >= 0.6 is 0 Å². The number of likely N-dealkylation sites (tertiary alicyclic amines) is 1. The van der Waals surface area contributed by atoms with Gasteiger partial charge < -0.3 is 9.80 Å². The van der Waals surface area contributed by atoms with Crippen molar-refractivity contribution in [3.63, 3.8) is 0 Å². The molecule has 1 spiro atoms. The van der Waals surface area contributed by atoms with E-state index >= 15 is 0 Å². The highest BCUT2D eigenvalue weighted by Gasteiger charge is 2.64. The van der Waals surface area contributed by atoms with Gasteiger partial charge in [-0.2, -0.15) is 0 Å². The Morgan fingerprint density at radius 3 is 2.42 bits per heavy atom. The van der Waals surface area contributed by atoms with Crippen molar-refractivity contribution in [2.45, 2.75) is 83.7 Å². The molecule has 5 aliphatic rings. The van der Waals surface area contributed by atoms with Gasteiger partial charge in [-0.15, -0.1) is 0 Å². The number of hydrogen-bond donors (Lipinski definition) is 0. The van der Waals surface area contributed by atoms with Crippen LogP contribution in [0.2, 0.25) is 0 Å². The summed E-state index contributed by atoms with van der Waals surface area (Å²) in [5.41, 5.74) is 1.37. The molecular formula is C24H42N2. The van der Waals surface area contributed by atoms with E-state index in [2.05, 4.69) is 44.8 Å². The lowest BCUT2D eigenvalue weighted by Gasteiger charge is -2.61. The van der Waals surface area contributed by atoms with Crippen molar-refractivity contribution in [1.29, 1.82) is 0 Å². The SMILES string of the molecule is C[C@H]1[C@H]2CCC3[C@@H]4CCC5C[C@@H](N(C)C)CC[C@]5(C)[C@H]4CC[C@@]32CN1C. The summed E-state index contributed by atoms with van der Waals surface area (Å²) in [7, 11) is 7.02. The highest BCUT2D eigenvalue weighted by molar-refractivity contribution is 5.15. The van der Waals surface area contributed by atoms with Crippen molar-refractivity contribution in [2.24, 2.45) is 40.4 Å². The number of rotatable bonds is 1. The molecule has 9 atom stereocenters. The predicted octanol–water partition coefficient (Wildman–Crippen LogP) is 4.89. The van der Waals surface area contributed by atoms with E-state index in [1.807, 2.05) is 0 Å². The largest absolute Gasteiger partial charge is 0.306 e. The fourth-order valence-corrected chi connectivity index (χ4v) is 9.51. The molecule has 1 heterocycles. The zero-order chi connectivity index (χ0) is 18.3. The third-order valence-corrected chi connectivity index (χ3v) is 11.0. The molecule has 0 amide bonds. The second-order valence-corrected chi connectivity index (χ2v) is 11.7. The van der Waals surface area contributed by atoms with Gasteiger partial charge in [-0.1, -0.05) is 6.92 Å². The summed E-state index contributed by atoms with van der Waals surface area (Å²) < 4.78 is 0. The lowest BCUT2D eigenvalue weighted by Crippen LogP contribution is -2.55. The first kappa shape index (κ1) is 18.0. The Bertz CT molecular complexity index is 558. The molecule has 0 bridgehead atoms. The molecule has 4 aliphatic carbocycles. The average Bonchev–Trinajstić information content (AvgIpc) is 3.08. The molecular weight excluding hydrogens is 316 g/mol. The topological polar surface area (TPSA) is 6.48 Å². The maximum Gasteiger partial charge on any atom is 0.00982 e. The summed E-state index contributed by atoms with van der Waals surface area (Å²) in [4.78, 5) is 5.23. The quantitative estimate of drug-likeness (QED) is 0.658. The van der Waals surface area contributed by atoms with Gasteiger partial charge in [-0.25, -0.2) is 0 Å². The standard InChI is InChI=1S/C24H42N2/c1-16-20-8-9-22-19-7-6-17-14-18(25(3)4)10-12-23(17,2)21(19)11-13-24(20,22)15-26(16)5/h16-22H,6-15H2,1-5H3/t16-,17?,18-,19+,20+,21-,22?,23-,24-/m0/s1. The molecule has 0 aromatic carbocycles. The molecule has 26 heavy (non-hydrogen) atoms. The minimum atomic E-state index is 0.658. The van der Waals surface area contributed by atoms with Crippen molar-refractivity contribution in [1.82, 2.24) is 9.80 Å². The van der Waals surface area contributed by atoms with Crippen LogP contribution in [0, 0.1) is 40.4 Å². The van der Waals surface area contributed by atoms with Gasteiger partial charge in [0.25, 0.3) is 0 Å². The van der Waals surface area contributed by atoms with Crippen LogP contribution in [-0.4, -0.2) is 49.6 Å². The summed E-state index contributed by atoms with van der Waals surface area (Å²) in [5.74, 6) is 5.17. The number of fused-ring (bicyclic) bond motifs is 4. The van der Waals surface area contributed by atoms with Crippen LogP contribution in [0.3, 0.4) is 0 Å². The third kappa shape index (κ3) is 2.24. The maximum atomic E-state index is 2.73. The molecule has 2 unspecified atom stereocenters. The Balaban J connectivity index is 1.41. The van der Waals surface area contributed by atoms with Gasteiger partial charge in [0.1, 0.15) is 0 Å². The molecule has 5 fully saturated rings. The molecule has 0 aromatic rings. The van der Waals surface area contributed by atoms with Crippen molar-refractivity contribution in [2.75, 3.05) is 27.7 Å². The summed E-state index contributed by atoms with van der Waals surface area (Å²) in [6.07, 6.45) is 13.7. The number of nitrogens with zero attached hydrogens (tertiary/aromatic N) is 2. The monoisotopic (exact) mass is 358 g/mol. The Morgan fingerprint density at radius 1 is 0.885 bits per heavy atom. The second-order valence-electron chi connectivity index (χ2n) is 11.7. The Labute approximate surface area is 162 Å². The molecule has 2 heteroatoms. The van der Waals surface area contributed by atoms with Crippen LogP contribution in [-0.2, 0) is 0 Å². The van der Waals surface area contributed by atoms with E-state index < -0.39 is 0 Å². The highest BCUT2D eigenvalue weighted by atomic mass is 15.2. The third-order valence-electron chi connectivity index (χ3n) is 11.0. The fourth-order valence-electron chi connectivity index (χ4n) is 9.51. The van der Waals surface area contributed by atoms with E-state index in [0.29, 0.717) is 10.8 Å². The summed E-state index contributed by atoms with van der Waals surface area (Å²) in [6, 6.07) is 1.68. The van der Waals surface area contributed by atoms with Crippen LogP contribution in [0.5, 0.6) is 0 Å². The van der Waals surface area contributed by atoms with Gasteiger partial charge >= 0.3 is 0 Å². The van der Waals surface area contributed by atoms with Gasteiger partial charge in [0.2, 0.25) is 0 Å². The van der Waals surface area contributed by atoms with E-state index in [1.54, 1.807) is 25.7 Å². The van der Waals surface area contributed by atoms with E-state index in [9.17, 15) is 0 Å². The van der Waals surface area contributed by atoms with Crippen LogP contribution in [0.25, 0.3) is 0 Å². The molecule has 2 nitrogen and oxygen atoms in total. The lowest BCUT2D eigenvalue weighted by atomic mass is 9.44. The first-order chi connectivity index (χ1) is 12.4. The Kier molecular flexibility index (Phi) is 4.12. The molecule has 5 rings (SSSR count). The normalized spacial score (nSPS) is 56.8. The molecule has 0 radical (unpaired) electrons. The van der Waals surface area contributed by atoms with Gasteiger partial charge in [0.15, 0.2) is 0 Å². The van der Waals surface area contributed by atoms with Crippen molar-refractivity contribution >= 4 is 0 Å². The minimum Gasteiger partial charge on any atom is -0.306 e. The van der Waals surface area contributed by atoms with E-state index in [-0.39, 0.29) is 0 Å². The molecule has 0 N–H and O–H groups in total. The molecule has 148 valence electrons. The predicted molar refractivity (Wildman–Crippen MR) is 109 cm³/mol. The zero-order valence-corrected chi connectivity index (χ0v) is 18.0. The minimum absolute atomic E-state index is 0.658. The summed E-state index contributed by atoms with van der Waals surface area (Å²) in [6.45, 7) is 6.67. The Hall–Kier alpha value is -0.0800. The van der Waals surface area contributed by atoms with E-state index in [4.69, 9.17) is 0 Å². The second kappa shape index (κ2) is 5.96. The van der Waals surface area contributed by atoms with Gasteiger partial charge in [-0.3, -0.25) is 0 Å². The molecule has 4 saturated carbocycles. The first-order valence-corrected chi connectivity index (χ1v) is 11.7. The van der Waals surface area contributed by atoms with Crippen LogP contribution in [0.1, 0.15) is 71.6 Å². The molecule has 1 saturated heterocycles. The lowest BCUT2D eigenvalue weighted by molar-refractivity contribution is -0.118. The van der Waals surface area contributed by atoms with Gasteiger partial charge in [0, 0.05) is 18.6 Å². The van der Waals surface area contributed by atoms with Crippen LogP contribution in [0.4, 0.5) is 0 Å². The van der Waals surface area contributed by atoms with Crippen LogP contribution in [0.15, 0.2) is 0 Å². The highest BCUT2D eigenvalue weighted by Crippen LogP contribution is 2.69. The zero-order valence-electron chi connectivity index (χ0n) is 18.0. The first-order valence-electron chi connectivity index (χ1n) is 11.7. The van der Waals surface area contributed by atoms with Crippen LogP contribution < -0.4 is 0 Å². The van der Waals surface area contributed by atoms with Crippen molar-refractivity contribution in [3.8, 4) is 0 Å². The van der Waals surface area contributed by atoms with Gasteiger partial charge in [0.05, 0.1) is 0 Å². The van der Waals surface area contributed by atoms with Crippen molar-refractivity contribution in [3.05, 3.63) is 0 Å². The summed E-state index contributed by atoms with van der Waals surface area (Å²) >= 11 is 0.